The van der Waals surface area contributed by atoms with Crippen molar-refractivity contribution >= 4 is 29.1 Å². The topological polar surface area (TPSA) is 67.4 Å². The quantitative estimate of drug-likeness (QED) is 0.603. The average molecular weight is 413 g/mol. The second kappa shape index (κ2) is 9.71. The van der Waals surface area contributed by atoms with E-state index in [1.165, 1.54) is 18.2 Å². The number of carbonyl (C=O) groups excluding carboxylic acids is 2. The van der Waals surface area contributed by atoms with Crippen LogP contribution < -0.4 is 15.4 Å². The number of hydrogen-bond acceptors (Lipinski definition) is 3. The molecule has 0 bridgehead atoms. The molecule has 2 amide bonds. The molecule has 3 aromatic carbocycles. The second-order valence-electron chi connectivity index (χ2n) is 6.19. The van der Waals surface area contributed by atoms with Gasteiger partial charge in [-0.25, -0.2) is 4.39 Å². The van der Waals surface area contributed by atoms with Crippen molar-refractivity contribution in [2.24, 2.45) is 0 Å². The molecule has 0 aliphatic carbocycles. The highest BCUT2D eigenvalue weighted by Gasteiger charge is 2.09. The molecule has 0 atom stereocenters. The van der Waals surface area contributed by atoms with Crippen molar-refractivity contribution in [3.05, 3.63) is 94.8 Å². The first kappa shape index (κ1) is 20.4. The van der Waals surface area contributed by atoms with E-state index in [4.69, 9.17) is 16.3 Å². The van der Waals surface area contributed by atoms with Gasteiger partial charge in [0.2, 0.25) is 5.91 Å². The molecule has 0 aliphatic rings. The maximum absolute atomic E-state index is 13.2. The summed E-state index contributed by atoms with van der Waals surface area (Å²) < 4.78 is 18.7. The molecule has 0 heterocycles. The number of carbonyl (C=O) groups is 2. The Bertz CT molecular complexity index is 1030. The van der Waals surface area contributed by atoms with E-state index in [1.807, 2.05) is 6.07 Å². The zero-order valence-electron chi connectivity index (χ0n) is 15.3. The molecule has 0 saturated carbocycles. The minimum atomic E-state index is -0.389. The monoisotopic (exact) mass is 412 g/mol. The SMILES string of the molecule is O=C(CNC(=O)c1cccc(Cl)c1)Nc1cccc(COc2cccc(F)c2)c1. The molecule has 148 valence electrons. The normalized spacial score (nSPS) is 10.3. The fourth-order valence-corrected chi connectivity index (χ4v) is 2.75. The van der Waals surface area contributed by atoms with Gasteiger partial charge in [-0.3, -0.25) is 9.59 Å². The molecular formula is C22H18ClFN2O3. The van der Waals surface area contributed by atoms with Crippen LogP contribution >= 0.6 is 11.6 Å². The highest BCUT2D eigenvalue weighted by molar-refractivity contribution is 6.31. The molecule has 5 nitrogen and oxygen atoms in total. The Morgan fingerprint density at radius 1 is 0.966 bits per heavy atom. The Morgan fingerprint density at radius 3 is 2.55 bits per heavy atom. The van der Waals surface area contributed by atoms with Crippen LogP contribution in [0.5, 0.6) is 5.75 Å². The summed E-state index contributed by atoms with van der Waals surface area (Å²) in [6.07, 6.45) is 0. The summed E-state index contributed by atoms with van der Waals surface area (Å²) in [5.74, 6) is -0.713. The Balaban J connectivity index is 1.51. The number of rotatable bonds is 7. The minimum absolute atomic E-state index is 0.185. The molecular weight excluding hydrogens is 395 g/mol. The predicted octanol–water partition coefficient (Wildman–Crippen LogP) is 4.43. The zero-order valence-corrected chi connectivity index (χ0v) is 16.1. The molecule has 2 N–H and O–H groups in total. The highest BCUT2D eigenvalue weighted by Crippen LogP contribution is 2.16. The molecule has 7 heteroatoms. The molecule has 0 fully saturated rings. The van der Waals surface area contributed by atoms with Crippen LogP contribution in [0.4, 0.5) is 10.1 Å². The lowest BCUT2D eigenvalue weighted by molar-refractivity contribution is -0.115. The Labute approximate surface area is 172 Å². The summed E-state index contributed by atoms with van der Waals surface area (Å²) in [6, 6.07) is 19.4. The first-order valence-electron chi connectivity index (χ1n) is 8.80. The first-order chi connectivity index (χ1) is 14.0. The van der Waals surface area contributed by atoms with Gasteiger partial charge < -0.3 is 15.4 Å². The number of nitrogens with one attached hydrogen (secondary N) is 2. The van der Waals surface area contributed by atoms with Crippen LogP contribution in [0.3, 0.4) is 0 Å². The van der Waals surface area contributed by atoms with Gasteiger partial charge in [0.1, 0.15) is 18.2 Å². The van der Waals surface area contributed by atoms with Crippen molar-refractivity contribution in [3.63, 3.8) is 0 Å². The maximum atomic E-state index is 13.2. The van der Waals surface area contributed by atoms with Gasteiger partial charge >= 0.3 is 0 Å². The molecule has 3 aromatic rings. The summed E-state index contributed by atoms with van der Waals surface area (Å²) in [7, 11) is 0. The first-order valence-corrected chi connectivity index (χ1v) is 9.18. The minimum Gasteiger partial charge on any atom is -0.489 e. The van der Waals surface area contributed by atoms with Gasteiger partial charge in [0.15, 0.2) is 0 Å². The van der Waals surface area contributed by atoms with E-state index >= 15 is 0 Å². The number of ether oxygens (including phenoxy) is 1. The fourth-order valence-electron chi connectivity index (χ4n) is 2.56. The predicted molar refractivity (Wildman–Crippen MR) is 110 cm³/mol. The fraction of sp³-hybridized carbons (Fsp3) is 0.0909. The summed E-state index contributed by atoms with van der Waals surface area (Å²) in [6.45, 7) is 0.0357. The van der Waals surface area contributed by atoms with E-state index in [1.54, 1.807) is 48.5 Å². The van der Waals surface area contributed by atoms with E-state index in [0.717, 1.165) is 5.56 Å². The average Bonchev–Trinajstić information content (AvgIpc) is 2.71. The van der Waals surface area contributed by atoms with Crippen molar-refractivity contribution in [2.45, 2.75) is 6.61 Å². The third-order valence-electron chi connectivity index (χ3n) is 3.91. The van der Waals surface area contributed by atoms with E-state index in [2.05, 4.69) is 10.6 Å². The van der Waals surface area contributed by atoms with Crippen LogP contribution in [0.1, 0.15) is 15.9 Å². The van der Waals surface area contributed by atoms with Crippen molar-refractivity contribution < 1.29 is 18.7 Å². The second-order valence-corrected chi connectivity index (χ2v) is 6.62. The standard InChI is InChI=1S/C22H18ClFN2O3/c23-17-6-2-5-16(11-17)22(28)25-13-21(27)26-19-8-1-4-15(10-19)14-29-20-9-3-7-18(24)12-20/h1-12H,13-14H2,(H,25,28)(H,26,27). The Morgan fingerprint density at radius 2 is 1.76 bits per heavy atom. The van der Waals surface area contributed by atoms with Gasteiger partial charge in [0.05, 0.1) is 6.54 Å². The number of halogens is 2. The van der Waals surface area contributed by atoms with E-state index in [-0.39, 0.29) is 30.8 Å². The number of benzene rings is 3. The van der Waals surface area contributed by atoms with Gasteiger partial charge in [0, 0.05) is 22.3 Å². The van der Waals surface area contributed by atoms with E-state index < -0.39 is 0 Å². The molecule has 3 rings (SSSR count). The third kappa shape index (κ3) is 6.33. The van der Waals surface area contributed by atoms with Crippen LogP contribution in [-0.2, 0) is 11.4 Å². The molecule has 0 aliphatic heterocycles. The lowest BCUT2D eigenvalue weighted by Gasteiger charge is -2.10. The van der Waals surface area contributed by atoms with Crippen LogP contribution in [0.15, 0.2) is 72.8 Å². The largest absolute Gasteiger partial charge is 0.489 e. The molecule has 0 saturated heterocycles. The van der Waals surface area contributed by atoms with Crippen molar-refractivity contribution in [2.75, 3.05) is 11.9 Å². The van der Waals surface area contributed by atoms with Crippen LogP contribution in [0, 0.1) is 5.82 Å². The van der Waals surface area contributed by atoms with E-state index in [9.17, 15) is 14.0 Å². The van der Waals surface area contributed by atoms with Gasteiger partial charge in [-0.2, -0.15) is 0 Å². The summed E-state index contributed by atoms with van der Waals surface area (Å²) >= 11 is 5.86. The Hall–Kier alpha value is -3.38. The lowest BCUT2D eigenvalue weighted by atomic mass is 10.2. The lowest BCUT2D eigenvalue weighted by Crippen LogP contribution is -2.32. The summed E-state index contributed by atoms with van der Waals surface area (Å²) in [5, 5.41) is 5.70. The Kier molecular flexibility index (Phi) is 6.81. The number of amides is 2. The van der Waals surface area contributed by atoms with Crippen LogP contribution in [0.2, 0.25) is 5.02 Å². The smallest absolute Gasteiger partial charge is 0.251 e. The van der Waals surface area contributed by atoms with Crippen molar-refractivity contribution in [1.82, 2.24) is 5.32 Å². The molecule has 0 unspecified atom stereocenters. The zero-order chi connectivity index (χ0) is 20.6. The van der Waals surface area contributed by atoms with Crippen LogP contribution in [0.25, 0.3) is 0 Å². The molecule has 0 spiro atoms. The van der Waals surface area contributed by atoms with Gasteiger partial charge in [0.25, 0.3) is 5.91 Å². The van der Waals surface area contributed by atoms with Crippen molar-refractivity contribution in [3.8, 4) is 5.75 Å². The van der Waals surface area contributed by atoms with Crippen molar-refractivity contribution in [1.29, 1.82) is 0 Å². The van der Waals surface area contributed by atoms with Gasteiger partial charge in [-0.05, 0) is 48.0 Å². The van der Waals surface area contributed by atoms with Gasteiger partial charge in [-0.15, -0.1) is 0 Å². The number of anilines is 1. The maximum Gasteiger partial charge on any atom is 0.251 e. The van der Waals surface area contributed by atoms with Gasteiger partial charge in [-0.1, -0.05) is 35.9 Å². The number of hydrogen-bond donors (Lipinski definition) is 2. The third-order valence-corrected chi connectivity index (χ3v) is 4.14. The molecule has 0 radical (unpaired) electrons. The summed E-state index contributed by atoms with van der Waals surface area (Å²) in [5.41, 5.74) is 1.74. The van der Waals surface area contributed by atoms with E-state index in [0.29, 0.717) is 22.0 Å². The molecule has 0 aromatic heterocycles. The summed E-state index contributed by atoms with van der Waals surface area (Å²) in [4.78, 5) is 24.2. The molecule has 29 heavy (non-hydrogen) atoms. The van der Waals surface area contributed by atoms with Crippen LogP contribution in [-0.4, -0.2) is 18.4 Å². The highest BCUT2D eigenvalue weighted by atomic mass is 35.5.